The fourth-order valence-electron chi connectivity index (χ4n) is 3.25. The SMILES string of the molecule is Nc1n[nH]c2c(C#CCCCCC(=O)O)cc(-c3ccnc4[nH]ccc34)cc12. The van der Waals surface area contributed by atoms with Gasteiger partial charge in [0.15, 0.2) is 5.82 Å². The van der Waals surface area contributed by atoms with Crippen LogP contribution in [0.25, 0.3) is 33.1 Å². The van der Waals surface area contributed by atoms with Gasteiger partial charge < -0.3 is 15.8 Å². The minimum atomic E-state index is -0.774. The van der Waals surface area contributed by atoms with Crippen molar-refractivity contribution in [2.75, 3.05) is 5.73 Å². The van der Waals surface area contributed by atoms with Crippen LogP contribution >= 0.6 is 0 Å². The highest BCUT2D eigenvalue weighted by atomic mass is 16.4. The number of benzene rings is 1. The van der Waals surface area contributed by atoms with Crippen LogP contribution in [-0.4, -0.2) is 31.2 Å². The molecule has 4 rings (SSSR count). The number of hydrogen-bond donors (Lipinski definition) is 4. The number of rotatable bonds is 5. The van der Waals surface area contributed by atoms with E-state index in [4.69, 9.17) is 10.8 Å². The molecule has 7 heteroatoms. The average Bonchev–Trinajstić information content (AvgIpc) is 3.31. The first-order valence-electron chi connectivity index (χ1n) is 9.04. The molecule has 3 heterocycles. The molecule has 0 amide bonds. The number of nitrogen functional groups attached to an aromatic ring is 1. The number of pyridine rings is 1. The molecule has 3 aromatic heterocycles. The molecule has 140 valence electrons. The Balaban J connectivity index is 1.71. The molecular weight excluding hydrogens is 354 g/mol. The van der Waals surface area contributed by atoms with Crippen molar-refractivity contribution in [1.29, 1.82) is 0 Å². The quantitative estimate of drug-likeness (QED) is 0.314. The summed E-state index contributed by atoms with van der Waals surface area (Å²) in [5.41, 5.74) is 10.5. The predicted octanol–water partition coefficient (Wildman–Crippen LogP) is 3.68. The summed E-state index contributed by atoms with van der Waals surface area (Å²) in [7, 11) is 0. The highest BCUT2D eigenvalue weighted by Crippen LogP contribution is 2.32. The largest absolute Gasteiger partial charge is 0.481 e. The molecule has 28 heavy (non-hydrogen) atoms. The van der Waals surface area contributed by atoms with Crippen LogP contribution in [0, 0.1) is 11.8 Å². The molecule has 0 saturated heterocycles. The Morgan fingerprint density at radius 1 is 1.21 bits per heavy atom. The zero-order valence-electron chi connectivity index (χ0n) is 15.1. The summed E-state index contributed by atoms with van der Waals surface area (Å²) in [5.74, 6) is 5.99. The van der Waals surface area contributed by atoms with Gasteiger partial charge in [0.1, 0.15) is 5.65 Å². The average molecular weight is 373 g/mol. The highest BCUT2D eigenvalue weighted by molar-refractivity contribution is 6.00. The summed E-state index contributed by atoms with van der Waals surface area (Å²) < 4.78 is 0. The lowest BCUT2D eigenvalue weighted by atomic mass is 9.99. The molecule has 0 bridgehead atoms. The Labute approximate surface area is 161 Å². The van der Waals surface area contributed by atoms with E-state index in [1.807, 2.05) is 30.5 Å². The minimum Gasteiger partial charge on any atom is -0.481 e. The first-order valence-corrected chi connectivity index (χ1v) is 9.04. The number of anilines is 1. The number of carbonyl (C=O) groups is 1. The zero-order chi connectivity index (χ0) is 19.5. The summed E-state index contributed by atoms with van der Waals surface area (Å²) in [6.45, 7) is 0. The molecule has 4 aromatic rings. The summed E-state index contributed by atoms with van der Waals surface area (Å²) in [5, 5.41) is 17.6. The van der Waals surface area contributed by atoms with Crippen LogP contribution < -0.4 is 5.73 Å². The third-order valence-corrected chi connectivity index (χ3v) is 4.64. The summed E-state index contributed by atoms with van der Waals surface area (Å²) in [6, 6.07) is 7.99. The van der Waals surface area contributed by atoms with Crippen molar-refractivity contribution in [2.45, 2.75) is 25.7 Å². The lowest BCUT2D eigenvalue weighted by Gasteiger charge is -2.06. The number of H-pyrrole nitrogens is 2. The maximum atomic E-state index is 10.6. The second-order valence-electron chi connectivity index (χ2n) is 6.56. The van der Waals surface area contributed by atoms with Crippen molar-refractivity contribution in [1.82, 2.24) is 20.2 Å². The molecule has 5 N–H and O–H groups in total. The van der Waals surface area contributed by atoms with Gasteiger partial charge in [-0.05, 0) is 48.2 Å². The van der Waals surface area contributed by atoms with E-state index in [1.165, 1.54) is 0 Å². The maximum absolute atomic E-state index is 10.6. The molecule has 0 aliphatic rings. The van der Waals surface area contributed by atoms with Crippen LogP contribution in [0.15, 0.2) is 36.7 Å². The topological polar surface area (TPSA) is 121 Å². The standard InChI is InChI=1S/C21H19N5O2/c22-20-17-12-14(15-7-9-23-21-16(15)8-10-24-21)11-13(19(17)25-26-20)5-3-1-2-4-6-18(27)28/h7-12H,1-2,4,6H2,(H,23,24)(H,27,28)(H3,22,25,26). The number of nitrogens with zero attached hydrogens (tertiary/aromatic N) is 2. The fraction of sp³-hybridized carbons (Fsp3) is 0.190. The molecule has 0 radical (unpaired) electrons. The number of unbranched alkanes of at least 4 members (excludes halogenated alkanes) is 2. The van der Waals surface area contributed by atoms with E-state index in [-0.39, 0.29) is 6.42 Å². The van der Waals surface area contributed by atoms with Crippen LogP contribution in [0.1, 0.15) is 31.2 Å². The lowest BCUT2D eigenvalue weighted by Crippen LogP contribution is -1.93. The number of carboxylic acid groups (broad SMARTS) is 1. The third-order valence-electron chi connectivity index (χ3n) is 4.64. The molecule has 0 unspecified atom stereocenters. The number of aliphatic carboxylic acids is 1. The molecular formula is C21H19N5O2. The van der Waals surface area contributed by atoms with Crippen molar-refractivity contribution in [3.8, 4) is 23.0 Å². The second-order valence-corrected chi connectivity index (χ2v) is 6.56. The van der Waals surface area contributed by atoms with Crippen LogP contribution in [0.3, 0.4) is 0 Å². The van der Waals surface area contributed by atoms with Gasteiger partial charge in [0, 0.05) is 36.0 Å². The van der Waals surface area contributed by atoms with Gasteiger partial charge in [-0.3, -0.25) is 9.89 Å². The number of nitrogens with one attached hydrogen (secondary N) is 2. The van der Waals surface area contributed by atoms with Crippen LogP contribution in [0.5, 0.6) is 0 Å². The summed E-state index contributed by atoms with van der Waals surface area (Å²) in [4.78, 5) is 18.0. The lowest BCUT2D eigenvalue weighted by molar-refractivity contribution is -0.137. The Hall–Kier alpha value is -3.79. The number of aromatic amines is 2. The van der Waals surface area contributed by atoms with E-state index in [1.54, 1.807) is 6.20 Å². The Morgan fingerprint density at radius 3 is 2.96 bits per heavy atom. The monoisotopic (exact) mass is 373 g/mol. The van der Waals surface area contributed by atoms with E-state index in [0.717, 1.165) is 45.0 Å². The van der Waals surface area contributed by atoms with Crippen molar-refractivity contribution >= 4 is 33.7 Å². The van der Waals surface area contributed by atoms with Gasteiger partial charge in [-0.15, -0.1) is 0 Å². The van der Waals surface area contributed by atoms with E-state index in [0.29, 0.717) is 18.7 Å². The predicted molar refractivity (Wildman–Crippen MR) is 109 cm³/mol. The normalized spacial score (nSPS) is 10.9. The maximum Gasteiger partial charge on any atom is 0.303 e. The van der Waals surface area contributed by atoms with Gasteiger partial charge in [0.2, 0.25) is 0 Å². The Morgan fingerprint density at radius 2 is 2.11 bits per heavy atom. The summed E-state index contributed by atoms with van der Waals surface area (Å²) in [6.07, 6.45) is 5.82. The minimum absolute atomic E-state index is 0.174. The van der Waals surface area contributed by atoms with Gasteiger partial charge in [0.05, 0.1) is 11.1 Å². The van der Waals surface area contributed by atoms with Gasteiger partial charge in [-0.1, -0.05) is 11.8 Å². The van der Waals surface area contributed by atoms with Crippen molar-refractivity contribution in [3.63, 3.8) is 0 Å². The Kier molecular flexibility index (Phi) is 4.68. The molecule has 0 atom stereocenters. The number of aromatic nitrogens is 4. The van der Waals surface area contributed by atoms with E-state index < -0.39 is 5.97 Å². The Bertz CT molecular complexity index is 1230. The highest BCUT2D eigenvalue weighted by Gasteiger charge is 2.12. The molecule has 0 saturated carbocycles. The number of hydrogen-bond acceptors (Lipinski definition) is 4. The molecule has 7 nitrogen and oxygen atoms in total. The number of fused-ring (bicyclic) bond motifs is 2. The molecule has 0 fully saturated rings. The molecule has 0 spiro atoms. The summed E-state index contributed by atoms with van der Waals surface area (Å²) >= 11 is 0. The zero-order valence-corrected chi connectivity index (χ0v) is 15.1. The van der Waals surface area contributed by atoms with Crippen LogP contribution in [-0.2, 0) is 4.79 Å². The first kappa shape index (κ1) is 17.6. The second kappa shape index (κ2) is 7.45. The van der Waals surface area contributed by atoms with Crippen LogP contribution in [0.4, 0.5) is 5.82 Å². The van der Waals surface area contributed by atoms with Crippen molar-refractivity contribution < 1.29 is 9.90 Å². The van der Waals surface area contributed by atoms with Gasteiger partial charge in [-0.2, -0.15) is 5.10 Å². The number of carboxylic acids is 1. The third kappa shape index (κ3) is 3.40. The van der Waals surface area contributed by atoms with E-state index >= 15 is 0 Å². The van der Waals surface area contributed by atoms with Gasteiger partial charge in [0.25, 0.3) is 0 Å². The molecule has 1 aromatic carbocycles. The molecule has 0 aliphatic heterocycles. The van der Waals surface area contributed by atoms with Gasteiger partial charge in [-0.25, -0.2) is 4.98 Å². The van der Waals surface area contributed by atoms with Crippen molar-refractivity contribution in [2.24, 2.45) is 0 Å². The molecule has 0 aliphatic carbocycles. The van der Waals surface area contributed by atoms with Crippen LogP contribution in [0.2, 0.25) is 0 Å². The fourth-order valence-corrected chi connectivity index (χ4v) is 3.25. The van der Waals surface area contributed by atoms with E-state index in [2.05, 4.69) is 32.0 Å². The van der Waals surface area contributed by atoms with Crippen molar-refractivity contribution in [3.05, 3.63) is 42.2 Å². The number of nitrogens with two attached hydrogens (primary N) is 1. The van der Waals surface area contributed by atoms with Gasteiger partial charge >= 0.3 is 5.97 Å². The van der Waals surface area contributed by atoms with E-state index in [9.17, 15) is 4.79 Å². The smallest absolute Gasteiger partial charge is 0.303 e. The first-order chi connectivity index (χ1) is 13.6.